The molecule has 0 amide bonds. The van der Waals surface area contributed by atoms with Crippen LogP contribution in [0.2, 0.25) is 0 Å². The van der Waals surface area contributed by atoms with Gasteiger partial charge in [0.2, 0.25) is 0 Å². The van der Waals surface area contributed by atoms with Gasteiger partial charge in [-0.3, -0.25) is 0 Å². The smallest absolute Gasteiger partial charge is 0.366 e. The van der Waals surface area contributed by atoms with Crippen LogP contribution >= 0.6 is 0 Å². The van der Waals surface area contributed by atoms with Gasteiger partial charge in [-0.1, -0.05) is 0 Å². The number of hydrogen-bond donors (Lipinski definition) is 1. The van der Waals surface area contributed by atoms with Gasteiger partial charge in [-0.25, -0.2) is 0 Å². The SMILES string of the molecule is NCCC1(OCC(F)(F)F)CCC1. The first kappa shape index (κ1) is 10.8. The fraction of sp³-hybridized carbons (Fsp3) is 1.00. The third kappa shape index (κ3) is 3.15. The highest BCUT2D eigenvalue weighted by Gasteiger charge is 2.40. The molecule has 0 aromatic heterocycles. The van der Waals surface area contributed by atoms with Crippen LogP contribution in [0.15, 0.2) is 0 Å². The highest BCUT2D eigenvalue weighted by molar-refractivity contribution is 4.90. The molecule has 2 nitrogen and oxygen atoms in total. The molecule has 0 bridgehead atoms. The second-order valence-corrected chi connectivity index (χ2v) is 3.48. The van der Waals surface area contributed by atoms with Gasteiger partial charge in [0.05, 0.1) is 5.60 Å². The van der Waals surface area contributed by atoms with Gasteiger partial charge in [0.25, 0.3) is 0 Å². The number of alkyl halides is 3. The summed E-state index contributed by atoms with van der Waals surface area (Å²) >= 11 is 0. The summed E-state index contributed by atoms with van der Waals surface area (Å²) < 4.78 is 40.4. The van der Waals surface area contributed by atoms with Crippen LogP contribution in [-0.4, -0.2) is 24.9 Å². The zero-order chi connectivity index (χ0) is 9.95. The molecule has 0 atom stereocenters. The number of rotatable bonds is 4. The van der Waals surface area contributed by atoms with Crippen LogP contribution in [-0.2, 0) is 4.74 Å². The lowest BCUT2D eigenvalue weighted by Gasteiger charge is -2.41. The molecule has 1 fully saturated rings. The van der Waals surface area contributed by atoms with Gasteiger partial charge in [0.1, 0.15) is 6.61 Å². The Balaban J connectivity index is 2.32. The molecule has 1 aliphatic rings. The number of halogens is 3. The average molecular weight is 197 g/mol. The van der Waals surface area contributed by atoms with Crippen LogP contribution in [0, 0.1) is 0 Å². The van der Waals surface area contributed by atoms with E-state index in [1.165, 1.54) is 0 Å². The van der Waals surface area contributed by atoms with E-state index in [1.807, 2.05) is 0 Å². The second-order valence-electron chi connectivity index (χ2n) is 3.48. The van der Waals surface area contributed by atoms with Crippen LogP contribution in [0.4, 0.5) is 13.2 Å². The molecule has 0 aliphatic heterocycles. The summed E-state index contributed by atoms with van der Waals surface area (Å²) in [6.45, 7) is -0.759. The quantitative estimate of drug-likeness (QED) is 0.746. The lowest BCUT2D eigenvalue weighted by Crippen LogP contribution is -2.44. The molecule has 2 N–H and O–H groups in total. The number of hydrogen-bond acceptors (Lipinski definition) is 2. The molecule has 1 saturated carbocycles. The fourth-order valence-corrected chi connectivity index (χ4v) is 1.54. The van der Waals surface area contributed by atoms with Crippen molar-refractivity contribution in [2.45, 2.75) is 37.5 Å². The van der Waals surface area contributed by atoms with Gasteiger partial charge in [0, 0.05) is 0 Å². The Morgan fingerprint density at radius 1 is 1.31 bits per heavy atom. The molecule has 78 valence electrons. The topological polar surface area (TPSA) is 35.2 Å². The highest BCUT2D eigenvalue weighted by atomic mass is 19.4. The van der Waals surface area contributed by atoms with Crippen molar-refractivity contribution < 1.29 is 17.9 Å². The second kappa shape index (κ2) is 3.84. The Morgan fingerprint density at radius 3 is 2.23 bits per heavy atom. The third-order valence-corrected chi connectivity index (χ3v) is 2.41. The van der Waals surface area contributed by atoms with Crippen LogP contribution in [0.5, 0.6) is 0 Å². The Kier molecular flexibility index (Phi) is 3.18. The number of nitrogens with two attached hydrogens (primary N) is 1. The summed E-state index contributed by atoms with van der Waals surface area (Å²) in [5, 5.41) is 0. The minimum atomic E-state index is -4.23. The Labute approximate surface area is 75.2 Å². The van der Waals surface area contributed by atoms with Crippen LogP contribution < -0.4 is 5.73 Å². The van der Waals surface area contributed by atoms with Crippen molar-refractivity contribution >= 4 is 0 Å². The van der Waals surface area contributed by atoms with Crippen molar-refractivity contribution in [3.05, 3.63) is 0 Å². The standard InChI is InChI=1S/C8H14F3NO/c9-8(10,11)6-13-7(4-5-12)2-1-3-7/h1-6,12H2. The van der Waals surface area contributed by atoms with E-state index in [0.29, 0.717) is 25.8 Å². The lowest BCUT2D eigenvalue weighted by molar-refractivity contribution is -0.221. The van der Waals surface area contributed by atoms with E-state index in [9.17, 15) is 13.2 Å². The normalized spacial score (nSPS) is 21.2. The monoisotopic (exact) mass is 197 g/mol. The van der Waals surface area contributed by atoms with Gasteiger partial charge in [-0.05, 0) is 32.2 Å². The molecule has 13 heavy (non-hydrogen) atoms. The maximum Gasteiger partial charge on any atom is 0.411 e. The maximum atomic E-state index is 11.8. The van der Waals surface area contributed by atoms with Gasteiger partial charge in [-0.15, -0.1) is 0 Å². The van der Waals surface area contributed by atoms with Crippen LogP contribution in [0.25, 0.3) is 0 Å². The molecule has 0 radical (unpaired) electrons. The molecule has 1 aliphatic carbocycles. The Hall–Kier alpha value is -0.290. The van der Waals surface area contributed by atoms with Crippen LogP contribution in [0.1, 0.15) is 25.7 Å². The molecular weight excluding hydrogens is 183 g/mol. The summed E-state index contributed by atoms with van der Waals surface area (Å²) in [6.07, 6.45) is -1.33. The summed E-state index contributed by atoms with van der Waals surface area (Å²) in [6, 6.07) is 0. The summed E-state index contributed by atoms with van der Waals surface area (Å²) in [4.78, 5) is 0. The van der Waals surface area contributed by atoms with Gasteiger partial charge in [-0.2, -0.15) is 13.2 Å². The predicted molar refractivity (Wildman–Crippen MR) is 42.3 cm³/mol. The van der Waals surface area contributed by atoms with Crippen molar-refractivity contribution in [2.24, 2.45) is 5.73 Å². The lowest BCUT2D eigenvalue weighted by atomic mass is 9.77. The van der Waals surface area contributed by atoms with Crippen molar-refractivity contribution in [2.75, 3.05) is 13.2 Å². The summed E-state index contributed by atoms with van der Waals surface area (Å²) in [5.74, 6) is 0. The highest BCUT2D eigenvalue weighted by Crippen LogP contribution is 2.39. The van der Waals surface area contributed by atoms with Crippen molar-refractivity contribution in [1.82, 2.24) is 0 Å². The van der Waals surface area contributed by atoms with E-state index < -0.39 is 18.4 Å². The summed E-state index contributed by atoms with van der Waals surface area (Å²) in [7, 11) is 0. The first-order valence-electron chi connectivity index (χ1n) is 4.38. The van der Waals surface area contributed by atoms with Crippen molar-refractivity contribution in [3.63, 3.8) is 0 Å². The molecule has 0 heterocycles. The van der Waals surface area contributed by atoms with E-state index in [4.69, 9.17) is 10.5 Å². The molecule has 0 spiro atoms. The number of ether oxygens (including phenoxy) is 1. The first-order valence-corrected chi connectivity index (χ1v) is 4.38. The molecule has 0 aromatic carbocycles. The zero-order valence-electron chi connectivity index (χ0n) is 7.36. The molecular formula is C8H14F3NO. The molecule has 0 saturated heterocycles. The van der Waals surface area contributed by atoms with Gasteiger partial charge < -0.3 is 10.5 Å². The summed E-state index contributed by atoms with van der Waals surface area (Å²) in [5.41, 5.74) is 4.74. The fourth-order valence-electron chi connectivity index (χ4n) is 1.54. The largest absolute Gasteiger partial charge is 0.411 e. The Bertz CT molecular complexity index is 165. The van der Waals surface area contributed by atoms with E-state index in [-0.39, 0.29) is 0 Å². The molecule has 0 unspecified atom stereocenters. The van der Waals surface area contributed by atoms with Crippen molar-refractivity contribution in [1.29, 1.82) is 0 Å². The van der Waals surface area contributed by atoms with E-state index in [1.54, 1.807) is 0 Å². The first-order chi connectivity index (χ1) is 5.97. The minimum absolute atomic E-state index is 0.387. The van der Waals surface area contributed by atoms with E-state index in [2.05, 4.69) is 0 Å². The van der Waals surface area contributed by atoms with Gasteiger partial charge >= 0.3 is 6.18 Å². The predicted octanol–water partition coefficient (Wildman–Crippen LogP) is 1.84. The van der Waals surface area contributed by atoms with E-state index >= 15 is 0 Å². The van der Waals surface area contributed by atoms with Gasteiger partial charge in [0.15, 0.2) is 0 Å². The molecule has 1 rings (SSSR count). The zero-order valence-corrected chi connectivity index (χ0v) is 7.36. The average Bonchev–Trinajstić information content (AvgIpc) is 1.92. The maximum absolute atomic E-state index is 11.8. The van der Waals surface area contributed by atoms with E-state index in [0.717, 1.165) is 6.42 Å². The van der Waals surface area contributed by atoms with Crippen LogP contribution in [0.3, 0.4) is 0 Å². The molecule has 5 heteroatoms. The Morgan fingerprint density at radius 2 is 1.92 bits per heavy atom. The minimum Gasteiger partial charge on any atom is -0.366 e. The van der Waals surface area contributed by atoms with Crippen molar-refractivity contribution in [3.8, 4) is 0 Å². The molecule has 0 aromatic rings. The third-order valence-electron chi connectivity index (χ3n) is 2.41.